The van der Waals surface area contributed by atoms with E-state index in [1.165, 1.54) is 0 Å². The molecule has 2 aliphatic rings. The van der Waals surface area contributed by atoms with Gasteiger partial charge in [0.05, 0.1) is 29.4 Å². The van der Waals surface area contributed by atoms with E-state index in [1.54, 1.807) is 6.07 Å². The lowest BCUT2D eigenvalue weighted by atomic mass is 10.0. The maximum absolute atomic E-state index is 9.94. The Bertz CT molecular complexity index is 1440. The number of aliphatic hydroxyl groups excluding tert-OH is 1. The van der Waals surface area contributed by atoms with Gasteiger partial charge in [-0.2, -0.15) is 4.98 Å². The number of aromatic nitrogens is 3. The molecule has 4 atom stereocenters. The topological polar surface area (TPSA) is 102 Å². The van der Waals surface area contributed by atoms with Crippen molar-refractivity contribution in [3.8, 4) is 28.4 Å². The third kappa shape index (κ3) is 5.05. The number of imidazole rings is 1. The van der Waals surface area contributed by atoms with Gasteiger partial charge in [-0.15, -0.1) is 0 Å². The lowest BCUT2D eigenvalue weighted by molar-refractivity contribution is 0.00706. The van der Waals surface area contributed by atoms with Crippen molar-refractivity contribution in [3.05, 3.63) is 65.2 Å². The number of benzene rings is 2. The first-order chi connectivity index (χ1) is 18.6. The Kier molecular flexibility index (Phi) is 7.12. The summed E-state index contributed by atoms with van der Waals surface area (Å²) in [6.45, 7) is 3.60. The van der Waals surface area contributed by atoms with E-state index in [4.69, 9.17) is 30.8 Å². The minimum Gasteiger partial charge on any atom is -0.456 e. The Labute approximate surface area is 225 Å². The normalized spacial score (nSPS) is 22.9. The van der Waals surface area contributed by atoms with Gasteiger partial charge < -0.3 is 24.3 Å². The van der Waals surface area contributed by atoms with Crippen molar-refractivity contribution in [3.63, 3.8) is 0 Å². The highest BCUT2D eigenvalue weighted by Crippen LogP contribution is 2.33. The number of unbranched alkanes of at least 4 members (excludes halogenated alkanes) is 1. The zero-order valence-corrected chi connectivity index (χ0v) is 21.8. The van der Waals surface area contributed by atoms with Crippen LogP contribution in [0.15, 0.2) is 59.6 Å². The standard InChI is InChI=1S/C29H29ClN4O4/c1-2-3-12-31-14-17-4-6-18(7-5-17)19-8-10-20(11-9-19)25-21(30)13-22-28(33-25)34-29(32-22)38-24-16-37-26-23(35)15-36-27(24)26/h4-11,13-14,23-24,26-27,35H,2-3,12,15-16H2,1H3,(H,32,33,34)/b31-14+/t23-,24-,26-,27-/m1/s1. The molecule has 0 radical (unpaired) electrons. The molecule has 0 bridgehead atoms. The van der Waals surface area contributed by atoms with Crippen molar-refractivity contribution >= 4 is 29.0 Å². The van der Waals surface area contributed by atoms with E-state index in [0.717, 1.165) is 41.6 Å². The van der Waals surface area contributed by atoms with Crippen LogP contribution in [0.3, 0.4) is 0 Å². The van der Waals surface area contributed by atoms with Crippen LogP contribution in [0, 0.1) is 0 Å². The van der Waals surface area contributed by atoms with Crippen molar-refractivity contribution in [2.75, 3.05) is 19.8 Å². The number of fused-ring (bicyclic) bond motifs is 2. The summed E-state index contributed by atoms with van der Waals surface area (Å²) in [7, 11) is 0. The number of rotatable bonds is 8. The number of hydrogen-bond acceptors (Lipinski definition) is 7. The average molecular weight is 533 g/mol. The number of nitrogens with one attached hydrogen (secondary N) is 1. The molecule has 2 aromatic heterocycles. The molecule has 2 N–H and O–H groups in total. The number of ether oxygens (including phenoxy) is 3. The lowest BCUT2D eigenvalue weighted by Crippen LogP contribution is -2.34. The fraction of sp³-hybridized carbons (Fsp3) is 0.345. The fourth-order valence-corrected chi connectivity index (χ4v) is 5.10. The second-order valence-electron chi connectivity index (χ2n) is 9.64. The molecule has 2 aliphatic heterocycles. The van der Waals surface area contributed by atoms with Crippen LogP contribution in [0.1, 0.15) is 25.3 Å². The number of pyridine rings is 1. The molecular weight excluding hydrogens is 504 g/mol. The molecule has 9 heteroatoms. The predicted molar refractivity (Wildman–Crippen MR) is 147 cm³/mol. The van der Waals surface area contributed by atoms with E-state index < -0.39 is 6.10 Å². The van der Waals surface area contributed by atoms with E-state index in [1.807, 2.05) is 18.3 Å². The van der Waals surface area contributed by atoms with Crippen LogP contribution in [0.5, 0.6) is 6.01 Å². The zero-order valence-electron chi connectivity index (χ0n) is 21.0. The number of H-pyrrole nitrogens is 1. The van der Waals surface area contributed by atoms with Crippen LogP contribution in [0.25, 0.3) is 33.5 Å². The second kappa shape index (κ2) is 10.8. The Balaban J connectivity index is 1.17. The van der Waals surface area contributed by atoms with Gasteiger partial charge in [-0.3, -0.25) is 4.99 Å². The highest BCUT2D eigenvalue weighted by Gasteiger charge is 2.48. The van der Waals surface area contributed by atoms with E-state index >= 15 is 0 Å². The van der Waals surface area contributed by atoms with Gasteiger partial charge in [-0.05, 0) is 29.2 Å². The first-order valence-corrected chi connectivity index (χ1v) is 13.3. The molecule has 0 saturated carbocycles. The molecule has 2 saturated heterocycles. The Morgan fingerprint density at radius 1 is 1.03 bits per heavy atom. The maximum atomic E-state index is 9.94. The highest BCUT2D eigenvalue weighted by atomic mass is 35.5. The van der Waals surface area contributed by atoms with Gasteiger partial charge >= 0.3 is 0 Å². The van der Waals surface area contributed by atoms with Gasteiger partial charge in [0.2, 0.25) is 0 Å². The van der Waals surface area contributed by atoms with Crippen LogP contribution >= 0.6 is 11.6 Å². The first-order valence-electron chi connectivity index (χ1n) is 12.9. The molecular formula is C29H29ClN4O4. The average Bonchev–Trinajstić information content (AvgIpc) is 3.63. The quantitative estimate of drug-likeness (QED) is 0.243. The smallest absolute Gasteiger partial charge is 0.296 e. The van der Waals surface area contributed by atoms with Crippen LogP contribution in [0.4, 0.5) is 0 Å². The predicted octanol–water partition coefficient (Wildman–Crippen LogP) is 5.07. The summed E-state index contributed by atoms with van der Waals surface area (Å²) in [5, 5.41) is 10.5. The van der Waals surface area contributed by atoms with Gasteiger partial charge in [0, 0.05) is 18.3 Å². The van der Waals surface area contributed by atoms with E-state index in [9.17, 15) is 5.11 Å². The van der Waals surface area contributed by atoms with Crippen LogP contribution < -0.4 is 4.74 Å². The Hall–Kier alpha value is -3.30. The summed E-state index contributed by atoms with van der Waals surface area (Å²) in [5.41, 5.74) is 6.05. The monoisotopic (exact) mass is 532 g/mol. The summed E-state index contributed by atoms with van der Waals surface area (Å²) in [4.78, 5) is 16.8. The summed E-state index contributed by atoms with van der Waals surface area (Å²) < 4.78 is 17.3. The largest absolute Gasteiger partial charge is 0.456 e. The summed E-state index contributed by atoms with van der Waals surface area (Å²) in [5.74, 6) is 0. The van der Waals surface area contributed by atoms with Crippen LogP contribution in [-0.2, 0) is 9.47 Å². The highest BCUT2D eigenvalue weighted by molar-refractivity contribution is 6.33. The number of aromatic amines is 1. The lowest BCUT2D eigenvalue weighted by Gasteiger charge is -2.15. The van der Waals surface area contributed by atoms with Crippen LogP contribution in [0.2, 0.25) is 5.02 Å². The Morgan fingerprint density at radius 2 is 1.74 bits per heavy atom. The van der Waals surface area contributed by atoms with Crippen molar-refractivity contribution in [1.82, 2.24) is 15.0 Å². The SMILES string of the molecule is CCCC/N=C/c1ccc(-c2ccc(-c3nc4nc(O[C@@H]5CO[C@H]6[C@@H]5OC[C@H]6O)[nH]c4cc3Cl)cc2)cc1. The third-order valence-corrected chi connectivity index (χ3v) is 7.22. The van der Waals surface area contributed by atoms with E-state index in [-0.39, 0.29) is 24.9 Å². The number of hydrogen-bond donors (Lipinski definition) is 2. The maximum Gasteiger partial charge on any atom is 0.296 e. The molecule has 8 nitrogen and oxygen atoms in total. The fourth-order valence-electron chi connectivity index (χ4n) is 4.84. The van der Waals surface area contributed by atoms with Crippen LogP contribution in [-0.4, -0.2) is 70.4 Å². The molecule has 196 valence electrons. The molecule has 0 spiro atoms. The van der Waals surface area contributed by atoms with Gasteiger partial charge in [0.15, 0.2) is 11.8 Å². The molecule has 6 rings (SSSR count). The third-order valence-electron chi connectivity index (χ3n) is 6.93. The molecule has 2 fully saturated rings. The number of halogens is 1. The summed E-state index contributed by atoms with van der Waals surface area (Å²) in [6.07, 6.45) is 2.52. The molecule has 0 amide bonds. The van der Waals surface area contributed by atoms with Gasteiger partial charge in [-0.25, -0.2) is 4.98 Å². The number of aliphatic hydroxyl groups is 1. The van der Waals surface area contributed by atoms with Crippen molar-refractivity contribution in [1.29, 1.82) is 0 Å². The van der Waals surface area contributed by atoms with Gasteiger partial charge in [-0.1, -0.05) is 73.5 Å². The molecule has 38 heavy (non-hydrogen) atoms. The van der Waals surface area contributed by atoms with E-state index in [2.05, 4.69) is 58.3 Å². The summed E-state index contributed by atoms with van der Waals surface area (Å²) >= 11 is 6.61. The zero-order chi connectivity index (χ0) is 26.1. The molecule has 0 unspecified atom stereocenters. The second-order valence-corrected chi connectivity index (χ2v) is 10.0. The van der Waals surface area contributed by atoms with E-state index in [0.29, 0.717) is 34.5 Å². The minimum absolute atomic E-state index is 0.244. The van der Waals surface area contributed by atoms with Crippen molar-refractivity contribution in [2.24, 2.45) is 4.99 Å². The molecule has 4 heterocycles. The van der Waals surface area contributed by atoms with Crippen molar-refractivity contribution < 1.29 is 19.3 Å². The van der Waals surface area contributed by atoms with Gasteiger partial charge in [0.1, 0.15) is 18.3 Å². The minimum atomic E-state index is -0.632. The number of aliphatic imine (C=N–C) groups is 1. The first kappa shape index (κ1) is 25.0. The molecule has 2 aromatic carbocycles. The molecule has 0 aliphatic carbocycles. The van der Waals surface area contributed by atoms with Crippen molar-refractivity contribution in [2.45, 2.75) is 44.2 Å². The molecule has 4 aromatic rings. The number of nitrogens with zero attached hydrogens (tertiary/aromatic N) is 3. The Morgan fingerprint density at radius 3 is 2.50 bits per heavy atom. The summed E-state index contributed by atoms with van der Waals surface area (Å²) in [6, 6.07) is 18.6. The van der Waals surface area contributed by atoms with Gasteiger partial charge in [0.25, 0.3) is 6.01 Å².